The molecular weight excluding hydrogens is 170 g/mol. The van der Waals surface area contributed by atoms with E-state index >= 15 is 0 Å². The molecule has 72 valence electrons. The van der Waals surface area contributed by atoms with E-state index in [4.69, 9.17) is 5.73 Å². The van der Waals surface area contributed by atoms with E-state index in [1.807, 2.05) is 0 Å². The fourth-order valence-corrected chi connectivity index (χ4v) is 2.56. The summed E-state index contributed by atoms with van der Waals surface area (Å²) in [5.74, 6) is -0.668. The van der Waals surface area contributed by atoms with E-state index in [0.717, 1.165) is 6.42 Å². The standard InChI is InChI=1S/C9H13NO3/c1-13-8(12)6-4-5-2-3-9(6,10)7(5)11/h5-6H,2-4,10H2,1H3. The minimum Gasteiger partial charge on any atom is -0.469 e. The normalized spacial score (nSPS) is 42.5. The zero-order valence-electron chi connectivity index (χ0n) is 7.58. The Bertz CT molecular complexity index is 276. The molecule has 2 aliphatic carbocycles. The third-order valence-electron chi connectivity index (χ3n) is 3.36. The van der Waals surface area contributed by atoms with Gasteiger partial charge in [-0.15, -0.1) is 0 Å². The summed E-state index contributed by atoms with van der Waals surface area (Å²) in [6, 6.07) is 0. The predicted molar refractivity (Wildman–Crippen MR) is 44.8 cm³/mol. The summed E-state index contributed by atoms with van der Waals surface area (Å²) in [6.45, 7) is 0. The van der Waals surface area contributed by atoms with Gasteiger partial charge in [-0.25, -0.2) is 0 Å². The highest BCUT2D eigenvalue weighted by atomic mass is 16.5. The Balaban J connectivity index is 2.27. The summed E-state index contributed by atoms with van der Waals surface area (Å²) in [5.41, 5.74) is 5.01. The molecule has 2 saturated carbocycles. The largest absolute Gasteiger partial charge is 0.469 e. The van der Waals surface area contributed by atoms with Gasteiger partial charge in [0.05, 0.1) is 18.6 Å². The molecule has 0 aromatic heterocycles. The van der Waals surface area contributed by atoms with Crippen LogP contribution in [0, 0.1) is 11.8 Å². The molecule has 2 bridgehead atoms. The third-order valence-corrected chi connectivity index (χ3v) is 3.36. The summed E-state index contributed by atoms with van der Waals surface area (Å²) in [5, 5.41) is 0. The Morgan fingerprint density at radius 3 is 2.77 bits per heavy atom. The summed E-state index contributed by atoms with van der Waals surface area (Å²) < 4.78 is 4.63. The lowest BCUT2D eigenvalue weighted by molar-refractivity contribution is -0.148. The highest BCUT2D eigenvalue weighted by molar-refractivity contribution is 6.00. The SMILES string of the molecule is COC(=O)C1CC2CCC1(N)C2=O. The molecule has 0 radical (unpaired) electrons. The number of carbonyl (C=O) groups excluding carboxylic acids is 2. The number of hydrogen-bond donors (Lipinski definition) is 1. The van der Waals surface area contributed by atoms with E-state index in [1.165, 1.54) is 7.11 Å². The first kappa shape index (κ1) is 8.69. The van der Waals surface area contributed by atoms with Crippen LogP contribution in [0.5, 0.6) is 0 Å². The van der Waals surface area contributed by atoms with Crippen molar-refractivity contribution in [1.82, 2.24) is 0 Å². The van der Waals surface area contributed by atoms with Gasteiger partial charge in [0.2, 0.25) is 0 Å². The topological polar surface area (TPSA) is 69.4 Å². The van der Waals surface area contributed by atoms with Crippen LogP contribution in [0.1, 0.15) is 19.3 Å². The second-order valence-electron chi connectivity index (χ2n) is 3.95. The molecule has 0 amide bonds. The van der Waals surface area contributed by atoms with Crippen LogP contribution in [0.3, 0.4) is 0 Å². The lowest BCUT2D eigenvalue weighted by Crippen LogP contribution is -2.50. The van der Waals surface area contributed by atoms with E-state index in [2.05, 4.69) is 4.74 Å². The van der Waals surface area contributed by atoms with Crippen LogP contribution in [0.4, 0.5) is 0 Å². The first-order valence-corrected chi connectivity index (χ1v) is 4.50. The van der Waals surface area contributed by atoms with Crippen molar-refractivity contribution < 1.29 is 14.3 Å². The maximum Gasteiger partial charge on any atom is 0.311 e. The maximum atomic E-state index is 11.6. The van der Waals surface area contributed by atoms with Gasteiger partial charge in [-0.3, -0.25) is 9.59 Å². The lowest BCUT2D eigenvalue weighted by Gasteiger charge is -2.26. The van der Waals surface area contributed by atoms with Crippen molar-refractivity contribution >= 4 is 11.8 Å². The number of Topliss-reactive ketones (excluding diaryl/α,β-unsaturated/α-hetero) is 1. The summed E-state index contributed by atoms with van der Waals surface area (Å²) >= 11 is 0. The van der Waals surface area contributed by atoms with Crippen LogP contribution in [0.2, 0.25) is 0 Å². The second-order valence-corrected chi connectivity index (χ2v) is 3.95. The highest BCUT2D eigenvalue weighted by Gasteiger charge is 2.59. The van der Waals surface area contributed by atoms with Crippen LogP contribution in [0.15, 0.2) is 0 Å². The Hall–Kier alpha value is -0.900. The molecule has 2 rings (SSSR count). The molecule has 2 fully saturated rings. The van der Waals surface area contributed by atoms with Crippen LogP contribution < -0.4 is 5.73 Å². The van der Waals surface area contributed by atoms with Crippen LogP contribution in [-0.4, -0.2) is 24.4 Å². The number of hydrogen-bond acceptors (Lipinski definition) is 4. The first-order chi connectivity index (χ1) is 6.09. The van der Waals surface area contributed by atoms with Crippen LogP contribution >= 0.6 is 0 Å². The average Bonchev–Trinajstić information content (AvgIpc) is 2.54. The van der Waals surface area contributed by atoms with Gasteiger partial charge in [0.15, 0.2) is 5.78 Å². The van der Waals surface area contributed by atoms with E-state index in [1.54, 1.807) is 0 Å². The summed E-state index contributed by atoms with van der Waals surface area (Å²) in [6.07, 6.45) is 2.06. The Kier molecular flexibility index (Phi) is 1.70. The highest BCUT2D eigenvalue weighted by Crippen LogP contribution is 2.47. The molecule has 4 heteroatoms. The number of ketones is 1. The van der Waals surface area contributed by atoms with Gasteiger partial charge in [-0.2, -0.15) is 0 Å². The molecule has 0 heterocycles. The van der Waals surface area contributed by atoms with Crippen molar-refractivity contribution in [3.05, 3.63) is 0 Å². The van der Waals surface area contributed by atoms with E-state index in [0.29, 0.717) is 12.8 Å². The summed E-state index contributed by atoms with van der Waals surface area (Å²) in [4.78, 5) is 22.9. The number of carbonyl (C=O) groups is 2. The van der Waals surface area contributed by atoms with E-state index in [9.17, 15) is 9.59 Å². The molecule has 0 spiro atoms. The van der Waals surface area contributed by atoms with Gasteiger partial charge >= 0.3 is 5.97 Å². The number of rotatable bonds is 1. The number of ether oxygens (including phenoxy) is 1. The van der Waals surface area contributed by atoms with Crippen molar-refractivity contribution in [1.29, 1.82) is 0 Å². The number of methoxy groups -OCH3 is 1. The van der Waals surface area contributed by atoms with E-state index < -0.39 is 11.5 Å². The van der Waals surface area contributed by atoms with Gasteiger partial charge in [-0.1, -0.05) is 0 Å². The Morgan fingerprint density at radius 2 is 2.38 bits per heavy atom. The molecule has 0 aromatic carbocycles. The second kappa shape index (κ2) is 2.54. The molecule has 3 unspecified atom stereocenters. The van der Waals surface area contributed by atoms with Crippen molar-refractivity contribution in [2.24, 2.45) is 17.6 Å². The number of esters is 1. The van der Waals surface area contributed by atoms with Crippen molar-refractivity contribution in [2.45, 2.75) is 24.8 Å². The smallest absolute Gasteiger partial charge is 0.311 e. The third kappa shape index (κ3) is 0.950. The zero-order chi connectivity index (χ0) is 9.64. The average molecular weight is 183 g/mol. The Labute approximate surface area is 76.4 Å². The molecular formula is C9H13NO3. The van der Waals surface area contributed by atoms with Gasteiger partial charge in [0, 0.05) is 5.92 Å². The predicted octanol–water partition coefficient (Wildman–Crippen LogP) is -0.144. The van der Waals surface area contributed by atoms with Gasteiger partial charge in [0.25, 0.3) is 0 Å². The quantitative estimate of drug-likeness (QED) is 0.574. The van der Waals surface area contributed by atoms with Crippen molar-refractivity contribution in [2.75, 3.05) is 7.11 Å². The molecule has 0 aliphatic heterocycles. The van der Waals surface area contributed by atoms with Gasteiger partial charge < -0.3 is 10.5 Å². The molecule has 2 N–H and O–H groups in total. The van der Waals surface area contributed by atoms with Crippen LogP contribution in [-0.2, 0) is 14.3 Å². The zero-order valence-corrected chi connectivity index (χ0v) is 7.58. The first-order valence-electron chi connectivity index (χ1n) is 4.50. The number of fused-ring (bicyclic) bond motifs is 2. The van der Waals surface area contributed by atoms with E-state index in [-0.39, 0.29) is 17.7 Å². The molecule has 3 atom stereocenters. The minimum absolute atomic E-state index is 0.00843. The van der Waals surface area contributed by atoms with Crippen molar-refractivity contribution in [3.8, 4) is 0 Å². The Morgan fingerprint density at radius 1 is 1.69 bits per heavy atom. The minimum atomic E-state index is -0.905. The molecule has 4 nitrogen and oxygen atoms in total. The maximum absolute atomic E-state index is 11.6. The number of nitrogens with two attached hydrogens (primary N) is 1. The lowest BCUT2D eigenvalue weighted by atomic mass is 9.83. The molecule has 2 aliphatic rings. The van der Waals surface area contributed by atoms with Gasteiger partial charge in [-0.05, 0) is 19.3 Å². The fraction of sp³-hybridized carbons (Fsp3) is 0.778. The van der Waals surface area contributed by atoms with Crippen molar-refractivity contribution in [3.63, 3.8) is 0 Å². The monoisotopic (exact) mass is 183 g/mol. The summed E-state index contributed by atoms with van der Waals surface area (Å²) in [7, 11) is 1.34. The van der Waals surface area contributed by atoms with Crippen LogP contribution in [0.25, 0.3) is 0 Å². The molecule has 0 aromatic rings. The fourth-order valence-electron chi connectivity index (χ4n) is 2.56. The van der Waals surface area contributed by atoms with Gasteiger partial charge in [0.1, 0.15) is 0 Å². The molecule has 13 heavy (non-hydrogen) atoms. The molecule has 0 saturated heterocycles.